The topological polar surface area (TPSA) is 22.9 Å². The van der Waals surface area contributed by atoms with Gasteiger partial charge in [0.15, 0.2) is 0 Å². The molecule has 2 aliphatic heterocycles. The molecule has 5 heteroatoms. The quantitative estimate of drug-likeness (QED) is 0.127. The Labute approximate surface area is 413 Å². The van der Waals surface area contributed by atoms with Crippen molar-refractivity contribution in [2.75, 3.05) is 14.7 Å². The number of hydrogen-bond donors (Lipinski definition) is 0. The smallest absolute Gasteiger partial charge is 0.297 e. The second kappa shape index (κ2) is 15.8. The summed E-state index contributed by atoms with van der Waals surface area (Å²) in [6.45, 7) is 30.5. The number of fused-ring (bicyclic) bond motifs is 7. The van der Waals surface area contributed by atoms with Crippen LogP contribution in [0.2, 0.25) is 0 Å². The summed E-state index contributed by atoms with van der Waals surface area (Å²) in [5, 5.41) is 1.19. The van der Waals surface area contributed by atoms with E-state index in [1.54, 1.807) is 0 Å². The van der Waals surface area contributed by atoms with Crippen molar-refractivity contribution < 1.29 is 4.42 Å². The van der Waals surface area contributed by atoms with Crippen LogP contribution in [0, 0.1) is 0 Å². The Morgan fingerprint density at radius 3 is 1.70 bits per heavy atom. The number of anilines is 8. The average molecular weight is 910 g/mol. The van der Waals surface area contributed by atoms with Gasteiger partial charge in [0.2, 0.25) is 0 Å². The molecule has 4 nitrogen and oxygen atoms in total. The molecule has 11 rings (SSSR count). The number of furan rings is 1. The SMILES string of the molecule is CC(C)(C)c1ccc(N2c3ccc(C(C)(C)C)cc3B3c4oc5cc6c(cc5c4N(c4ccc(C(C)(C)C)cc4)c4cc(N(c5ccccc5)C5C=CCCC5)cc2c43)C(C)(C)CCC6(C)C)cc1. The van der Waals surface area contributed by atoms with Gasteiger partial charge in [-0.25, -0.2) is 0 Å². The van der Waals surface area contributed by atoms with Gasteiger partial charge in [-0.3, -0.25) is 0 Å². The average Bonchev–Trinajstić information content (AvgIpc) is 3.68. The normalized spacial score (nSPS) is 18.2. The first-order valence-corrected chi connectivity index (χ1v) is 25.9. The Hall–Kier alpha value is -5.94. The molecular formula is C64H72BN3O. The highest BCUT2D eigenvalue weighted by atomic mass is 16.3. The Balaban J connectivity index is 1.29. The molecule has 0 bridgehead atoms. The maximum Gasteiger partial charge on any atom is 0.297 e. The first kappa shape index (κ1) is 45.5. The fourth-order valence-corrected chi connectivity index (χ4v) is 12.0. The maximum absolute atomic E-state index is 7.64. The third-order valence-electron chi connectivity index (χ3n) is 16.3. The summed E-state index contributed by atoms with van der Waals surface area (Å²) >= 11 is 0. The molecule has 0 saturated carbocycles. The van der Waals surface area contributed by atoms with Crippen molar-refractivity contribution in [3.8, 4) is 0 Å². The maximum atomic E-state index is 7.64. The van der Waals surface area contributed by atoms with E-state index in [2.05, 4.69) is 238 Å². The molecule has 0 amide bonds. The zero-order valence-electron chi connectivity index (χ0n) is 43.6. The minimum Gasteiger partial charge on any atom is -0.468 e. The van der Waals surface area contributed by atoms with Crippen LogP contribution in [0.25, 0.3) is 11.0 Å². The first-order valence-electron chi connectivity index (χ1n) is 25.9. The number of para-hydroxylation sites is 1. The zero-order chi connectivity index (χ0) is 48.6. The van der Waals surface area contributed by atoms with Crippen molar-refractivity contribution in [2.24, 2.45) is 0 Å². The lowest BCUT2D eigenvalue weighted by molar-refractivity contribution is 0.332. The second-order valence-electron chi connectivity index (χ2n) is 25.2. The molecule has 0 fully saturated rings. The summed E-state index contributed by atoms with van der Waals surface area (Å²) in [6, 6.07) is 47.5. The van der Waals surface area contributed by atoms with E-state index in [4.69, 9.17) is 4.42 Å². The van der Waals surface area contributed by atoms with Gasteiger partial charge in [0.05, 0.1) is 17.4 Å². The molecule has 3 heterocycles. The minimum atomic E-state index is -0.156. The van der Waals surface area contributed by atoms with E-state index in [-0.39, 0.29) is 39.8 Å². The van der Waals surface area contributed by atoms with Crippen LogP contribution in [0.15, 0.2) is 138 Å². The monoisotopic (exact) mass is 910 g/mol. The Morgan fingerprint density at radius 1 is 0.580 bits per heavy atom. The molecule has 6 aromatic carbocycles. The molecule has 0 N–H and O–H groups in total. The van der Waals surface area contributed by atoms with Crippen LogP contribution < -0.4 is 31.3 Å². The van der Waals surface area contributed by atoms with Gasteiger partial charge in [0.1, 0.15) is 5.58 Å². The number of allylic oxidation sites excluding steroid dienone is 1. The highest BCUT2D eigenvalue weighted by Crippen LogP contribution is 2.53. The number of benzene rings is 6. The molecule has 1 unspecified atom stereocenters. The van der Waals surface area contributed by atoms with Gasteiger partial charge in [-0.2, -0.15) is 0 Å². The van der Waals surface area contributed by atoms with Crippen molar-refractivity contribution in [2.45, 2.75) is 155 Å². The van der Waals surface area contributed by atoms with Crippen LogP contribution in [0.4, 0.5) is 45.5 Å². The molecular weight excluding hydrogens is 838 g/mol. The molecule has 2 aliphatic carbocycles. The standard InChI is InChI=1S/C64H72BN3O/c1-60(2,3)41-24-29-46(30-25-41)67-53-33-28-43(62(7,8)9)36-52(53)65-57-54(67)37-48(66(44-20-16-14-17-21-44)45-22-18-15-19-23-45)38-55(57)68(47-31-26-42(27-32-47)61(4,5)6)58-49-39-50-51(40-56(49)69-59(58)65)64(12,13)35-34-63(50,10)11/h14,16-18,20-22,24-33,36-40,45H,15,19,23,34-35H2,1-13H3. The van der Waals surface area contributed by atoms with E-state index in [9.17, 15) is 0 Å². The Bertz CT molecular complexity index is 3150. The summed E-state index contributed by atoms with van der Waals surface area (Å²) < 4.78 is 7.64. The van der Waals surface area contributed by atoms with Gasteiger partial charge in [0.25, 0.3) is 6.71 Å². The van der Waals surface area contributed by atoms with Crippen LogP contribution in [0.1, 0.15) is 150 Å². The molecule has 4 aliphatic rings. The van der Waals surface area contributed by atoms with Gasteiger partial charge >= 0.3 is 0 Å². The summed E-state index contributed by atoms with van der Waals surface area (Å²) in [5.41, 5.74) is 20.9. The first-order chi connectivity index (χ1) is 32.6. The molecule has 1 atom stereocenters. The molecule has 0 radical (unpaired) electrons. The summed E-state index contributed by atoms with van der Waals surface area (Å²) in [4.78, 5) is 7.79. The van der Waals surface area contributed by atoms with Crippen LogP contribution >= 0.6 is 0 Å². The summed E-state index contributed by atoms with van der Waals surface area (Å²) in [7, 11) is 0. The van der Waals surface area contributed by atoms with E-state index in [0.29, 0.717) is 0 Å². The molecule has 0 saturated heterocycles. The zero-order valence-corrected chi connectivity index (χ0v) is 43.6. The molecule has 0 spiro atoms. The molecule has 69 heavy (non-hydrogen) atoms. The van der Waals surface area contributed by atoms with E-state index in [1.165, 1.54) is 72.6 Å². The lowest BCUT2D eigenvalue weighted by Crippen LogP contribution is -2.61. The van der Waals surface area contributed by atoms with Gasteiger partial charge in [-0.1, -0.05) is 157 Å². The molecule has 1 aromatic heterocycles. The van der Waals surface area contributed by atoms with Crippen molar-refractivity contribution >= 4 is 79.8 Å². The third-order valence-corrected chi connectivity index (χ3v) is 16.3. The largest absolute Gasteiger partial charge is 0.468 e. The third kappa shape index (κ3) is 7.56. The van der Waals surface area contributed by atoms with E-state index in [0.717, 1.165) is 60.4 Å². The second-order valence-corrected chi connectivity index (χ2v) is 25.2. The highest BCUT2D eigenvalue weighted by Gasteiger charge is 2.49. The lowest BCUT2D eigenvalue weighted by Gasteiger charge is -2.44. The molecule has 352 valence electrons. The minimum absolute atomic E-state index is 0.0107. The fraction of sp³-hybridized carbons (Fsp3) is 0.375. The molecule has 7 aromatic rings. The summed E-state index contributed by atoms with van der Waals surface area (Å²) in [5.74, 6) is 0. The van der Waals surface area contributed by atoms with Crippen LogP contribution in [0.3, 0.4) is 0 Å². The van der Waals surface area contributed by atoms with Crippen LogP contribution in [-0.4, -0.2) is 12.8 Å². The van der Waals surface area contributed by atoms with Crippen molar-refractivity contribution in [3.63, 3.8) is 0 Å². The van der Waals surface area contributed by atoms with Gasteiger partial charge in [0, 0.05) is 45.2 Å². The van der Waals surface area contributed by atoms with Gasteiger partial charge in [-0.05, 0) is 165 Å². The predicted octanol–water partition coefficient (Wildman–Crippen LogP) is 16.0. The van der Waals surface area contributed by atoms with Crippen molar-refractivity contribution in [1.82, 2.24) is 0 Å². The van der Waals surface area contributed by atoms with Crippen LogP contribution in [0.5, 0.6) is 0 Å². The summed E-state index contributed by atoms with van der Waals surface area (Å²) in [6.07, 6.45) is 10.5. The van der Waals surface area contributed by atoms with E-state index < -0.39 is 0 Å². The number of rotatable bonds is 5. The lowest BCUT2D eigenvalue weighted by atomic mass is 9.35. The Kier molecular flexibility index (Phi) is 10.4. The van der Waals surface area contributed by atoms with Crippen LogP contribution in [-0.2, 0) is 27.1 Å². The van der Waals surface area contributed by atoms with E-state index in [1.807, 2.05) is 0 Å². The number of hydrogen-bond acceptors (Lipinski definition) is 4. The van der Waals surface area contributed by atoms with Gasteiger partial charge < -0.3 is 19.1 Å². The van der Waals surface area contributed by atoms with Crippen molar-refractivity contribution in [1.29, 1.82) is 0 Å². The van der Waals surface area contributed by atoms with E-state index >= 15 is 0 Å². The van der Waals surface area contributed by atoms with Gasteiger partial charge in [-0.15, -0.1) is 0 Å². The fourth-order valence-electron chi connectivity index (χ4n) is 12.0. The van der Waals surface area contributed by atoms with Crippen molar-refractivity contribution in [3.05, 3.63) is 161 Å². The Morgan fingerprint density at radius 2 is 1.13 bits per heavy atom. The number of nitrogens with zero attached hydrogens (tertiary/aromatic N) is 3. The predicted molar refractivity (Wildman–Crippen MR) is 297 cm³/mol. The highest BCUT2D eigenvalue weighted by molar-refractivity contribution is 7.00.